The zero-order valence-electron chi connectivity index (χ0n) is 21.4. The lowest BCUT2D eigenvalue weighted by Crippen LogP contribution is -2.37. The van der Waals surface area contributed by atoms with E-state index in [1.165, 1.54) is 18.3 Å². The van der Waals surface area contributed by atoms with Gasteiger partial charge >= 0.3 is 5.97 Å². The predicted octanol–water partition coefficient (Wildman–Crippen LogP) is 5.08. The van der Waals surface area contributed by atoms with Crippen molar-refractivity contribution >= 4 is 17.6 Å². The van der Waals surface area contributed by atoms with Crippen LogP contribution < -0.4 is 5.32 Å². The van der Waals surface area contributed by atoms with E-state index >= 15 is 0 Å². The van der Waals surface area contributed by atoms with Gasteiger partial charge in [0.05, 0.1) is 23.9 Å². The summed E-state index contributed by atoms with van der Waals surface area (Å²) in [4.78, 5) is 25.3. The monoisotopic (exact) mass is 526 g/mol. The highest BCUT2D eigenvalue weighted by Crippen LogP contribution is 2.41. The molecule has 0 amide bonds. The van der Waals surface area contributed by atoms with E-state index < -0.39 is 12.0 Å². The van der Waals surface area contributed by atoms with Gasteiger partial charge in [-0.05, 0) is 87.4 Å². The summed E-state index contributed by atoms with van der Waals surface area (Å²) >= 11 is 0. The predicted molar refractivity (Wildman–Crippen MR) is 138 cm³/mol. The largest absolute Gasteiger partial charge is 0.463 e. The summed E-state index contributed by atoms with van der Waals surface area (Å²) in [7, 11) is 0. The second kappa shape index (κ2) is 11.9. The highest BCUT2D eigenvalue weighted by Gasteiger charge is 2.39. The topological polar surface area (TPSA) is 117 Å². The van der Waals surface area contributed by atoms with Crippen molar-refractivity contribution in [2.45, 2.75) is 51.6 Å². The van der Waals surface area contributed by atoms with Gasteiger partial charge < -0.3 is 20.3 Å². The zero-order valence-corrected chi connectivity index (χ0v) is 21.4. The van der Waals surface area contributed by atoms with Crippen LogP contribution >= 0.6 is 0 Å². The van der Waals surface area contributed by atoms with Gasteiger partial charge in [-0.25, -0.2) is 18.7 Å². The van der Waals surface area contributed by atoms with E-state index in [1.807, 2.05) is 19.1 Å². The maximum absolute atomic E-state index is 13.0. The first-order valence-electron chi connectivity index (χ1n) is 12.6. The van der Waals surface area contributed by atoms with Gasteiger partial charge in [0.15, 0.2) is 0 Å². The van der Waals surface area contributed by atoms with Crippen LogP contribution in [-0.4, -0.2) is 44.3 Å². The van der Waals surface area contributed by atoms with Crippen LogP contribution in [0.15, 0.2) is 48.8 Å². The number of aliphatic hydroxyl groups is 2. The summed E-state index contributed by atoms with van der Waals surface area (Å²) in [5.41, 5.74) is 1.52. The summed E-state index contributed by atoms with van der Waals surface area (Å²) in [6.45, 7) is 3.46. The van der Waals surface area contributed by atoms with Crippen molar-refractivity contribution in [2.24, 2.45) is 11.8 Å². The molecule has 1 atom stereocenters. The smallest absolute Gasteiger partial charge is 0.309 e. The second-order valence-electron chi connectivity index (χ2n) is 9.83. The highest BCUT2D eigenvalue weighted by molar-refractivity contribution is 5.72. The van der Waals surface area contributed by atoms with Crippen molar-refractivity contribution in [3.63, 3.8) is 0 Å². The van der Waals surface area contributed by atoms with E-state index in [9.17, 15) is 18.7 Å². The Balaban J connectivity index is 1.45. The molecule has 10 heteroatoms. The van der Waals surface area contributed by atoms with Crippen LogP contribution in [0.3, 0.4) is 0 Å². The number of nitrogens with one attached hydrogen (secondary N) is 1. The molecule has 1 saturated carbocycles. The standard InChI is InChI=1S/C28H32F2N4O4/c1-17-13-22(33-25(14-17)34-24-15-19(26(29)30)9-10-31-24)20-5-8-23(32-16-20)28(2,37)21-6-3-18(4-7-21)27(36)38-12-11-35/h5,8-10,13-16,18,21,26,35,37H,3-4,6-7,11-12H2,1-2H3,(H,31,33,34). The number of halogens is 2. The van der Waals surface area contributed by atoms with Gasteiger partial charge in [0, 0.05) is 23.5 Å². The van der Waals surface area contributed by atoms with Crippen LogP contribution in [0.25, 0.3) is 11.3 Å². The number of carbonyl (C=O) groups excluding carboxylic acids is 1. The van der Waals surface area contributed by atoms with Gasteiger partial charge in [-0.15, -0.1) is 0 Å². The zero-order chi connectivity index (χ0) is 27.3. The van der Waals surface area contributed by atoms with Gasteiger partial charge in [-0.1, -0.05) is 0 Å². The average Bonchev–Trinajstić information content (AvgIpc) is 2.91. The summed E-state index contributed by atoms with van der Waals surface area (Å²) in [5.74, 6) is 0.160. The number of aryl methyl sites for hydroxylation is 1. The molecule has 8 nitrogen and oxygen atoms in total. The van der Waals surface area contributed by atoms with Crippen LogP contribution in [0, 0.1) is 18.8 Å². The molecule has 0 bridgehead atoms. The lowest BCUT2D eigenvalue weighted by molar-refractivity contribution is -0.152. The van der Waals surface area contributed by atoms with E-state index in [0.717, 1.165) is 11.1 Å². The Morgan fingerprint density at radius 2 is 1.89 bits per heavy atom. The molecule has 1 fully saturated rings. The minimum Gasteiger partial charge on any atom is -0.463 e. The van der Waals surface area contributed by atoms with E-state index in [-0.39, 0.29) is 42.4 Å². The SMILES string of the molecule is Cc1cc(Nc2cc(C(F)F)ccn2)nc(-c2ccc(C(C)(O)C3CCC(C(=O)OCCO)CC3)nc2)c1. The third kappa shape index (κ3) is 6.49. The van der Waals surface area contributed by atoms with Crippen molar-refractivity contribution in [3.05, 3.63) is 65.6 Å². The molecule has 3 N–H and O–H groups in total. The van der Waals surface area contributed by atoms with Gasteiger partial charge in [0.25, 0.3) is 6.43 Å². The molecule has 0 aromatic carbocycles. The molecule has 0 spiro atoms. The van der Waals surface area contributed by atoms with Gasteiger partial charge in [0.1, 0.15) is 23.8 Å². The summed E-state index contributed by atoms with van der Waals surface area (Å²) in [6, 6.07) is 9.87. The number of hydrogen-bond acceptors (Lipinski definition) is 8. The van der Waals surface area contributed by atoms with Crippen molar-refractivity contribution in [1.82, 2.24) is 15.0 Å². The van der Waals surface area contributed by atoms with Crippen LogP contribution in [-0.2, 0) is 15.1 Å². The fourth-order valence-electron chi connectivity index (χ4n) is 4.87. The average molecular weight is 527 g/mol. The summed E-state index contributed by atoms with van der Waals surface area (Å²) < 4.78 is 31.1. The molecule has 3 aromatic rings. The van der Waals surface area contributed by atoms with Crippen LogP contribution in [0.2, 0.25) is 0 Å². The van der Waals surface area contributed by atoms with Crippen molar-refractivity contribution in [2.75, 3.05) is 18.5 Å². The molecule has 3 aromatic heterocycles. The molecule has 38 heavy (non-hydrogen) atoms. The number of nitrogens with zero attached hydrogens (tertiary/aromatic N) is 3. The Hall–Kier alpha value is -3.50. The number of aromatic nitrogens is 3. The molecule has 1 aliphatic carbocycles. The van der Waals surface area contributed by atoms with Crippen LogP contribution in [0.1, 0.15) is 55.9 Å². The number of alkyl halides is 2. The number of anilines is 2. The number of ether oxygens (including phenoxy) is 1. The number of carbonyl (C=O) groups is 1. The van der Waals surface area contributed by atoms with Gasteiger partial charge in [-0.2, -0.15) is 0 Å². The van der Waals surface area contributed by atoms with Crippen molar-refractivity contribution in [1.29, 1.82) is 0 Å². The number of rotatable bonds is 9. The lowest BCUT2D eigenvalue weighted by Gasteiger charge is -2.37. The molecule has 0 aliphatic heterocycles. The van der Waals surface area contributed by atoms with Gasteiger partial charge in [0.2, 0.25) is 0 Å². The third-order valence-electron chi connectivity index (χ3n) is 7.03. The van der Waals surface area contributed by atoms with Crippen molar-refractivity contribution in [3.8, 4) is 11.3 Å². The Morgan fingerprint density at radius 3 is 2.55 bits per heavy atom. The normalized spacial score (nSPS) is 19.1. The fraction of sp³-hybridized carbons (Fsp3) is 0.429. The Kier molecular flexibility index (Phi) is 8.63. The van der Waals surface area contributed by atoms with E-state index in [0.29, 0.717) is 42.9 Å². The Labute approximate surface area is 220 Å². The van der Waals surface area contributed by atoms with Gasteiger partial charge in [-0.3, -0.25) is 9.78 Å². The molecule has 0 saturated heterocycles. The quantitative estimate of drug-likeness (QED) is 0.331. The number of esters is 1. The molecule has 4 rings (SSSR count). The van der Waals surface area contributed by atoms with E-state index in [1.54, 1.807) is 25.3 Å². The first-order chi connectivity index (χ1) is 18.2. The summed E-state index contributed by atoms with van der Waals surface area (Å²) in [5, 5.41) is 23.2. The molecule has 3 heterocycles. The molecular weight excluding hydrogens is 494 g/mol. The second-order valence-corrected chi connectivity index (χ2v) is 9.83. The third-order valence-corrected chi connectivity index (χ3v) is 7.03. The van der Waals surface area contributed by atoms with Crippen LogP contribution in [0.4, 0.5) is 20.4 Å². The van der Waals surface area contributed by atoms with Crippen LogP contribution in [0.5, 0.6) is 0 Å². The molecule has 1 unspecified atom stereocenters. The molecule has 202 valence electrons. The Morgan fingerprint density at radius 1 is 1.13 bits per heavy atom. The number of pyridine rings is 3. The first kappa shape index (κ1) is 27.5. The van der Waals surface area contributed by atoms with E-state index in [4.69, 9.17) is 9.84 Å². The first-order valence-corrected chi connectivity index (χ1v) is 12.6. The Bertz CT molecular complexity index is 1250. The maximum Gasteiger partial charge on any atom is 0.309 e. The minimum atomic E-state index is -2.59. The lowest BCUT2D eigenvalue weighted by atomic mass is 9.73. The number of hydrogen-bond donors (Lipinski definition) is 3. The van der Waals surface area contributed by atoms with E-state index in [2.05, 4.69) is 20.3 Å². The molecule has 0 radical (unpaired) electrons. The molecule has 1 aliphatic rings. The van der Waals surface area contributed by atoms with Crippen molar-refractivity contribution < 1.29 is 28.5 Å². The molecular formula is C28H32F2N4O4. The minimum absolute atomic E-state index is 0.00286. The highest BCUT2D eigenvalue weighted by atomic mass is 19.3. The maximum atomic E-state index is 13.0. The summed E-state index contributed by atoms with van der Waals surface area (Å²) in [6.07, 6.45) is 2.93. The number of aliphatic hydroxyl groups excluding tert-OH is 1. The fourth-order valence-corrected chi connectivity index (χ4v) is 4.87.